The van der Waals surface area contributed by atoms with Crippen LogP contribution in [0.3, 0.4) is 0 Å². The quantitative estimate of drug-likeness (QED) is 0.558. The Hall–Kier alpha value is -2.92. The zero-order valence-electron chi connectivity index (χ0n) is 18.7. The number of nitrogens with zero attached hydrogens (tertiary/aromatic N) is 1. The number of benzene rings is 2. The van der Waals surface area contributed by atoms with E-state index in [0.29, 0.717) is 18.0 Å². The van der Waals surface area contributed by atoms with Crippen LogP contribution in [0.5, 0.6) is 5.75 Å². The first-order valence-electron chi connectivity index (χ1n) is 11.5. The lowest BCUT2D eigenvalue weighted by molar-refractivity contribution is -0.274. The van der Waals surface area contributed by atoms with Crippen molar-refractivity contribution in [1.29, 1.82) is 0 Å². The number of anilines is 2. The summed E-state index contributed by atoms with van der Waals surface area (Å²) in [4.78, 5) is 28.6. The maximum Gasteiger partial charge on any atom is 0.573 e. The van der Waals surface area contributed by atoms with E-state index in [1.54, 1.807) is 6.07 Å². The summed E-state index contributed by atoms with van der Waals surface area (Å²) in [7, 11) is 0. The maximum absolute atomic E-state index is 12.9. The molecule has 3 fully saturated rings. The number of hydrogen-bond donors (Lipinski definition) is 3. The highest BCUT2D eigenvalue weighted by molar-refractivity contribution is 8.01. The van der Waals surface area contributed by atoms with Crippen LogP contribution in [0.4, 0.5) is 29.3 Å². The molecular formula is C24H25F3N4O3S. The Morgan fingerprint density at radius 2 is 1.77 bits per heavy atom. The van der Waals surface area contributed by atoms with Gasteiger partial charge >= 0.3 is 12.4 Å². The molecule has 0 saturated carbocycles. The summed E-state index contributed by atoms with van der Waals surface area (Å²) in [6, 6.07) is 10.1. The summed E-state index contributed by atoms with van der Waals surface area (Å²) in [6.45, 7) is 3.17. The second kappa shape index (κ2) is 9.62. The van der Waals surface area contributed by atoms with Gasteiger partial charge in [0.2, 0.25) is 5.91 Å². The molecule has 7 nitrogen and oxygen atoms in total. The minimum absolute atomic E-state index is 0.0539. The van der Waals surface area contributed by atoms with Crippen LogP contribution in [0, 0.1) is 5.92 Å². The average molecular weight is 507 g/mol. The molecule has 2 atom stereocenters. The van der Waals surface area contributed by atoms with E-state index in [0.717, 1.165) is 55.1 Å². The molecule has 3 saturated heterocycles. The third-order valence-corrected chi connectivity index (χ3v) is 7.90. The standard InChI is InChI=1S/C24H25F3N4O3S/c25-24(26,27)34-18-3-1-2-16(11-18)28-23(33)29-17-5-4-15-10-21(35-20(15)12-17)22(32)30-19-13-31-8-6-14(19)7-9-31/h1-5,11-12,14,19,21H,6-10,13H2,(H,30,32)(H2,28,29,33)/t19-,21?/m0/s1. The second-order valence-corrected chi connectivity index (χ2v) is 10.3. The summed E-state index contributed by atoms with van der Waals surface area (Å²) in [5.74, 6) is 0.192. The lowest BCUT2D eigenvalue weighted by Crippen LogP contribution is -2.58. The Morgan fingerprint density at radius 3 is 2.46 bits per heavy atom. The number of nitrogens with one attached hydrogen (secondary N) is 3. The molecule has 1 unspecified atom stereocenters. The predicted molar refractivity (Wildman–Crippen MR) is 127 cm³/mol. The minimum Gasteiger partial charge on any atom is -0.406 e. The number of thioether (sulfide) groups is 1. The Labute approximate surface area is 204 Å². The Bertz CT molecular complexity index is 1120. The van der Waals surface area contributed by atoms with Crippen molar-refractivity contribution in [3.05, 3.63) is 48.0 Å². The number of alkyl halides is 3. The molecule has 0 spiro atoms. The smallest absolute Gasteiger partial charge is 0.406 e. The number of piperidine rings is 3. The van der Waals surface area contributed by atoms with Gasteiger partial charge in [-0.3, -0.25) is 4.79 Å². The van der Waals surface area contributed by atoms with Crippen molar-refractivity contribution < 1.29 is 27.5 Å². The van der Waals surface area contributed by atoms with Crippen LogP contribution in [0.2, 0.25) is 0 Å². The van der Waals surface area contributed by atoms with Crippen LogP contribution < -0.4 is 20.7 Å². The number of urea groups is 1. The highest BCUT2D eigenvalue weighted by atomic mass is 32.2. The van der Waals surface area contributed by atoms with Gasteiger partial charge in [-0.2, -0.15) is 0 Å². The highest BCUT2D eigenvalue weighted by Crippen LogP contribution is 2.39. The molecule has 4 heterocycles. The summed E-state index contributed by atoms with van der Waals surface area (Å²) >= 11 is 1.48. The van der Waals surface area contributed by atoms with Gasteiger partial charge in [0.05, 0.1) is 5.25 Å². The molecule has 35 heavy (non-hydrogen) atoms. The molecule has 2 aromatic rings. The van der Waals surface area contributed by atoms with E-state index in [9.17, 15) is 22.8 Å². The molecule has 186 valence electrons. The predicted octanol–water partition coefficient (Wildman–Crippen LogP) is 4.46. The first-order valence-corrected chi connectivity index (χ1v) is 12.4. The lowest BCUT2D eigenvalue weighted by atomic mass is 9.84. The summed E-state index contributed by atoms with van der Waals surface area (Å²) < 4.78 is 41.1. The highest BCUT2D eigenvalue weighted by Gasteiger charge is 2.37. The number of hydrogen-bond acceptors (Lipinski definition) is 5. The first-order chi connectivity index (χ1) is 16.7. The summed E-state index contributed by atoms with van der Waals surface area (Å²) in [5.41, 5.74) is 1.73. The third kappa shape index (κ3) is 5.84. The fraction of sp³-hybridized carbons (Fsp3) is 0.417. The molecule has 3 N–H and O–H groups in total. The van der Waals surface area contributed by atoms with Crippen molar-refractivity contribution >= 4 is 35.1 Å². The van der Waals surface area contributed by atoms with Crippen molar-refractivity contribution in [3.8, 4) is 5.75 Å². The van der Waals surface area contributed by atoms with Gasteiger partial charge in [-0.05, 0) is 68.1 Å². The maximum atomic E-state index is 12.9. The molecule has 2 aromatic carbocycles. The molecule has 2 bridgehead atoms. The molecule has 4 aliphatic rings. The molecule has 3 amide bonds. The van der Waals surface area contributed by atoms with Crippen LogP contribution in [-0.4, -0.2) is 54.1 Å². The van der Waals surface area contributed by atoms with Crippen LogP contribution in [0.1, 0.15) is 18.4 Å². The van der Waals surface area contributed by atoms with E-state index in [4.69, 9.17) is 0 Å². The van der Waals surface area contributed by atoms with E-state index >= 15 is 0 Å². The Morgan fingerprint density at radius 1 is 1.03 bits per heavy atom. The molecule has 0 radical (unpaired) electrons. The number of carbonyl (C=O) groups excluding carboxylic acids is 2. The largest absolute Gasteiger partial charge is 0.573 e. The normalized spacial score (nSPS) is 25.0. The van der Waals surface area contributed by atoms with Crippen molar-refractivity contribution in [2.75, 3.05) is 30.3 Å². The van der Waals surface area contributed by atoms with Gasteiger partial charge in [0.15, 0.2) is 0 Å². The number of fused-ring (bicyclic) bond motifs is 4. The van der Waals surface area contributed by atoms with Gasteiger partial charge in [-0.25, -0.2) is 4.79 Å². The van der Waals surface area contributed by atoms with Gasteiger partial charge < -0.3 is 25.6 Å². The number of halogens is 3. The van der Waals surface area contributed by atoms with Crippen LogP contribution in [-0.2, 0) is 11.2 Å². The molecule has 4 aliphatic heterocycles. The molecule has 11 heteroatoms. The van der Waals surface area contributed by atoms with Crippen molar-refractivity contribution in [3.63, 3.8) is 0 Å². The summed E-state index contributed by atoms with van der Waals surface area (Å²) in [6.07, 6.45) is -1.91. The van der Waals surface area contributed by atoms with Gasteiger partial charge in [-0.1, -0.05) is 12.1 Å². The molecule has 6 rings (SSSR count). The number of ether oxygens (including phenoxy) is 1. The fourth-order valence-corrected chi connectivity index (χ4v) is 6.16. The number of amides is 3. The molecule has 0 aliphatic carbocycles. The lowest BCUT2D eigenvalue weighted by Gasteiger charge is -2.45. The zero-order valence-corrected chi connectivity index (χ0v) is 19.5. The SMILES string of the molecule is O=C(Nc1cccc(OC(F)(F)F)c1)Nc1ccc2c(c1)SC(C(=O)N[C@H]1CN3CCC1CC3)C2. The van der Waals surface area contributed by atoms with Crippen molar-refractivity contribution in [2.45, 2.75) is 41.8 Å². The Balaban J connectivity index is 1.16. The van der Waals surface area contributed by atoms with E-state index < -0.39 is 18.1 Å². The van der Waals surface area contributed by atoms with Gasteiger partial charge in [0, 0.05) is 34.9 Å². The topological polar surface area (TPSA) is 82.7 Å². The van der Waals surface area contributed by atoms with Crippen LogP contribution in [0.15, 0.2) is 47.4 Å². The molecule has 0 aromatic heterocycles. The van der Waals surface area contributed by atoms with Gasteiger partial charge in [0.1, 0.15) is 5.75 Å². The number of rotatable bonds is 5. The van der Waals surface area contributed by atoms with Crippen LogP contribution >= 0.6 is 11.8 Å². The fourth-order valence-electron chi connectivity index (χ4n) is 4.92. The zero-order chi connectivity index (χ0) is 24.6. The summed E-state index contributed by atoms with van der Waals surface area (Å²) in [5, 5.41) is 8.23. The van der Waals surface area contributed by atoms with E-state index in [1.165, 1.54) is 23.9 Å². The van der Waals surface area contributed by atoms with E-state index in [-0.39, 0.29) is 22.9 Å². The van der Waals surface area contributed by atoms with E-state index in [1.807, 2.05) is 12.1 Å². The van der Waals surface area contributed by atoms with Crippen molar-refractivity contribution in [2.24, 2.45) is 5.92 Å². The number of carbonyl (C=O) groups is 2. The first kappa shape index (κ1) is 23.8. The minimum atomic E-state index is -4.81. The monoisotopic (exact) mass is 506 g/mol. The molecular weight excluding hydrogens is 481 g/mol. The second-order valence-electron chi connectivity index (χ2n) is 9.04. The van der Waals surface area contributed by atoms with E-state index in [2.05, 4.69) is 25.6 Å². The van der Waals surface area contributed by atoms with Gasteiger partial charge in [0.25, 0.3) is 0 Å². The average Bonchev–Trinajstić information content (AvgIpc) is 3.22. The van der Waals surface area contributed by atoms with Crippen LogP contribution in [0.25, 0.3) is 0 Å². The Kier molecular flexibility index (Phi) is 6.54. The van der Waals surface area contributed by atoms with Gasteiger partial charge in [-0.15, -0.1) is 24.9 Å². The van der Waals surface area contributed by atoms with Crippen molar-refractivity contribution in [1.82, 2.24) is 10.2 Å². The third-order valence-electron chi connectivity index (χ3n) is 6.60.